The smallest absolute Gasteiger partial charge is 0.0548 e. The molecule has 31 heavy (non-hydrogen) atoms. The van der Waals surface area contributed by atoms with E-state index in [0.717, 1.165) is 76.6 Å². The summed E-state index contributed by atoms with van der Waals surface area (Å²) in [4.78, 5) is 10.1. The molecule has 0 saturated carbocycles. The number of fused-ring (bicyclic) bond motifs is 2. The summed E-state index contributed by atoms with van der Waals surface area (Å²) in [5, 5.41) is 3.65. The maximum absolute atomic E-state index is 5.04. The van der Waals surface area contributed by atoms with Crippen molar-refractivity contribution in [3.8, 4) is 0 Å². The maximum Gasteiger partial charge on any atom is 0.0548 e. The van der Waals surface area contributed by atoms with Crippen LogP contribution in [0.2, 0.25) is 0 Å². The Hall–Kier alpha value is -2.53. The van der Waals surface area contributed by atoms with E-state index < -0.39 is 0 Å². The monoisotopic (exact) mass is 414 g/mol. The van der Waals surface area contributed by atoms with Crippen molar-refractivity contribution in [3.05, 3.63) is 101 Å². The first kappa shape index (κ1) is 21.7. The van der Waals surface area contributed by atoms with Crippen LogP contribution in [-0.4, -0.2) is 41.0 Å². The fraction of sp³-hybridized carbons (Fsp3) is 0.370. The van der Waals surface area contributed by atoms with Gasteiger partial charge in [-0.05, 0) is 49.2 Å². The Morgan fingerprint density at radius 2 is 1.10 bits per heavy atom. The molecule has 0 radical (unpaired) electrons. The molecule has 0 amide bonds. The molecule has 2 heterocycles. The van der Waals surface area contributed by atoms with Crippen molar-refractivity contribution in [2.45, 2.75) is 39.0 Å². The molecule has 4 rings (SSSR count). The van der Waals surface area contributed by atoms with Crippen LogP contribution in [0.25, 0.3) is 0 Å². The van der Waals surface area contributed by atoms with Gasteiger partial charge in [-0.1, -0.05) is 66.7 Å². The molecule has 0 aliphatic carbocycles. The predicted octanol–water partition coefficient (Wildman–Crippen LogP) is 4.47. The SMILES string of the molecule is c1ccc(CN2CCCNCCCN(Cc3ccccc3)Cc3cccc(n3)C2)cc1. The Bertz CT molecular complexity index is 827. The van der Waals surface area contributed by atoms with Crippen molar-refractivity contribution in [3.63, 3.8) is 0 Å². The standard InChI is InChI=1S/C27H34N4/c1-3-10-24(11-4-1)20-30-18-8-16-28-17-9-19-31(21-25-12-5-2-6-13-25)23-27-15-7-14-26(22-30)29-27/h1-7,10-15,28H,8-9,16-23H2. The Balaban J connectivity index is 1.49. The van der Waals surface area contributed by atoms with E-state index in [9.17, 15) is 0 Å². The molecule has 3 aromatic rings. The van der Waals surface area contributed by atoms with E-state index in [2.05, 4.69) is 94.0 Å². The lowest BCUT2D eigenvalue weighted by molar-refractivity contribution is 0.236. The molecule has 4 nitrogen and oxygen atoms in total. The van der Waals surface area contributed by atoms with E-state index in [0.29, 0.717) is 0 Å². The Labute approximate surface area is 186 Å². The topological polar surface area (TPSA) is 31.4 Å². The first-order chi connectivity index (χ1) is 15.3. The zero-order valence-corrected chi connectivity index (χ0v) is 18.4. The molecule has 0 spiro atoms. The second kappa shape index (κ2) is 11.8. The lowest BCUT2D eigenvalue weighted by atomic mass is 10.2. The molecule has 2 aromatic carbocycles. The minimum atomic E-state index is 0.890. The summed E-state index contributed by atoms with van der Waals surface area (Å²) < 4.78 is 0. The molecule has 0 saturated heterocycles. The highest BCUT2D eigenvalue weighted by molar-refractivity contribution is 5.17. The minimum absolute atomic E-state index is 0.890. The molecule has 1 N–H and O–H groups in total. The zero-order chi connectivity index (χ0) is 21.1. The Morgan fingerprint density at radius 1 is 0.613 bits per heavy atom. The van der Waals surface area contributed by atoms with Gasteiger partial charge < -0.3 is 5.32 Å². The fourth-order valence-corrected chi connectivity index (χ4v) is 4.26. The number of benzene rings is 2. The maximum atomic E-state index is 5.04. The van der Waals surface area contributed by atoms with Crippen molar-refractivity contribution >= 4 is 0 Å². The summed E-state index contributed by atoms with van der Waals surface area (Å²) in [6.45, 7) is 8.00. The second-order valence-corrected chi connectivity index (χ2v) is 8.47. The zero-order valence-electron chi connectivity index (χ0n) is 18.4. The van der Waals surface area contributed by atoms with Crippen molar-refractivity contribution in [1.82, 2.24) is 20.1 Å². The predicted molar refractivity (Wildman–Crippen MR) is 127 cm³/mol. The molecule has 0 unspecified atom stereocenters. The number of nitrogens with zero attached hydrogens (tertiary/aromatic N) is 3. The van der Waals surface area contributed by atoms with Crippen LogP contribution in [0.1, 0.15) is 35.4 Å². The van der Waals surface area contributed by atoms with Crippen LogP contribution in [0.3, 0.4) is 0 Å². The summed E-state index contributed by atoms with van der Waals surface area (Å²) in [5.74, 6) is 0. The van der Waals surface area contributed by atoms with Gasteiger partial charge in [0, 0.05) is 39.3 Å². The third-order valence-electron chi connectivity index (χ3n) is 5.79. The molecule has 0 fully saturated rings. The van der Waals surface area contributed by atoms with Gasteiger partial charge >= 0.3 is 0 Å². The van der Waals surface area contributed by atoms with Crippen LogP contribution in [0, 0.1) is 0 Å². The molecule has 0 atom stereocenters. The van der Waals surface area contributed by atoms with Gasteiger partial charge in [-0.25, -0.2) is 0 Å². The number of rotatable bonds is 4. The number of hydrogen-bond acceptors (Lipinski definition) is 4. The van der Waals surface area contributed by atoms with Crippen molar-refractivity contribution in [2.24, 2.45) is 0 Å². The van der Waals surface area contributed by atoms with Gasteiger partial charge in [-0.2, -0.15) is 0 Å². The van der Waals surface area contributed by atoms with E-state index in [4.69, 9.17) is 4.98 Å². The lowest BCUT2D eigenvalue weighted by Crippen LogP contribution is -2.31. The van der Waals surface area contributed by atoms with Gasteiger partial charge in [0.15, 0.2) is 0 Å². The summed E-state index contributed by atoms with van der Waals surface area (Å²) in [7, 11) is 0. The molecule has 1 aliphatic rings. The molecule has 162 valence electrons. The third-order valence-corrected chi connectivity index (χ3v) is 5.79. The van der Waals surface area contributed by atoms with Gasteiger partial charge in [0.2, 0.25) is 0 Å². The van der Waals surface area contributed by atoms with E-state index in [1.165, 1.54) is 11.1 Å². The first-order valence-electron chi connectivity index (χ1n) is 11.5. The minimum Gasteiger partial charge on any atom is -0.317 e. The highest BCUT2D eigenvalue weighted by Gasteiger charge is 2.12. The second-order valence-electron chi connectivity index (χ2n) is 8.47. The van der Waals surface area contributed by atoms with Crippen LogP contribution in [-0.2, 0) is 26.2 Å². The Kier molecular flexibility index (Phi) is 8.22. The quantitative estimate of drug-likeness (QED) is 0.683. The van der Waals surface area contributed by atoms with Crippen molar-refractivity contribution < 1.29 is 0 Å². The summed E-state index contributed by atoms with van der Waals surface area (Å²) in [6.07, 6.45) is 2.31. The number of nitrogens with one attached hydrogen (secondary N) is 1. The van der Waals surface area contributed by atoms with Gasteiger partial charge in [0.1, 0.15) is 0 Å². The van der Waals surface area contributed by atoms with Crippen LogP contribution in [0.4, 0.5) is 0 Å². The van der Waals surface area contributed by atoms with Gasteiger partial charge in [-0.15, -0.1) is 0 Å². The number of pyridine rings is 1. The normalized spacial score (nSPS) is 17.2. The van der Waals surface area contributed by atoms with Crippen LogP contribution in [0.15, 0.2) is 78.9 Å². The highest BCUT2D eigenvalue weighted by atomic mass is 15.1. The van der Waals surface area contributed by atoms with E-state index >= 15 is 0 Å². The molecular formula is C27H34N4. The molecular weight excluding hydrogens is 380 g/mol. The number of hydrogen-bond donors (Lipinski definition) is 1. The number of aromatic nitrogens is 1. The fourth-order valence-electron chi connectivity index (χ4n) is 4.26. The molecule has 2 bridgehead atoms. The largest absolute Gasteiger partial charge is 0.317 e. The van der Waals surface area contributed by atoms with E-state index in [-0.39, 0.29) is 0 Å². The molecule has 1 aliphatic heterocycles. The van der Waals surface area contributed by atoms with Gasteiger partial charge in [0.05, 0.1) is 11.4 Å². The summed E-state index contributed by atoms with van der Waals surface area (Å²) >= 11 is 0. The first-order valence-corrected chi connectivity index (χ1v) is 11.5. The average molecular weight is 415 g/mol. The van der Waals surface area contributed by atoms with Crippen LogP contribution in [0.5, 0.6) is 0 Å². The van der Waals surface area contributed by atoms with Crippen LogP contribution < -0.4 is 5.32 Å². The summed E-state index contributed by atoms with van der Waals surface area (Å²) in [6, 6.07) is 28.1. The third kappa shape index (κ3) is 7.28. The van der Waals surface area contributed by atoms with Gasteiger partial charge in [-0.3, -0.25) is 14.8 Å². The summed E-state index contributed by atoms with van der Waals surface area (Å²) in [5.41, 5.74) is 5.06. The molecule has 4 heteroatoms. The van der Waals surface area contributed by atoms with Crippen LogP contribution >= 0.6 is 0 Å². The van der Waals surface area contributed by atoms with E-state index in [1.807, 2.05) is 0 Å². The molecule has 1 aromatic heterocycles. The highest BCUT2D eigenvalue weighted by Crippen LogP contribution is 2.13. The average Bonchev–Trinajstić information content (AvgIpc) is 2.79. The Morgan fingerprint density at radius 3 is 1.58 bits per heavy atom. The lowest BCUT2D eigenvalue weighted by Gasteiger charge is -2.25. The van der Waals surface area contributed by atoms with Crippen molar-refractivity contribution in [2.75, 3.05) is 26.2 Å². The van der Waals surface area contributed by atoms with Gasteiger partial charge in [0.25, 0.3) is 0 Å². The van der Waals surface area contributed by atoms with Crippen molar-refractivity contribution in [1.29, 1.82) is 0 Å². The van der Waals surface area contributed by atoms with E-state index in [1.54, 1.807) is 0 Å².